The summed E-state index contributed by atoms with van der Waals surface area (Å²) >= 11 is 0. The smallest absolute Gasteiger partial charge is 0.416 e. The van der Waals surface area contributed by atoms with Crippen molar-refractivity contribution in [2.45, 2.75) is 25.4 Å². The molecule has 1 N–H and O–H groups in total. The first kappa shape index (κ1) is 20.0. The van der Waals surface area contributed by atoms with Gasteiger partial charge in [-0.15, -0.1) is 0 Å². The summed E-state index contributed by atoms with van der Waals surface area (Å²) in [4.78, 5) is 23.3. The van der Waals surface area contributed by atoms with Gasteiger partial charge >= 0.3 is 6.09 Å². The van der Waals surface area contributed by atoms with Crippen LogP contribution in [0.5, 0.6) is 0 Å². The van der Waals surface area contributed by atoms with E-state index in [4.69, 9.17) is 4.74 Å². The molecule has 160 valence electrons. The first-order valence-corrected chi connectivity index (χ1v) is 10.7. The molecule has 1 aliphatic heterocycles. The van der Waals surface area contributed by atoms with Crippen molar-refractivity contribution >= 4 is 28.6 Å². The van der Waals surface area contributed by atoms with E-state index >= 15 is 0 Å². The van der Waals surface area contributed by atoms with Gasteiger partial charge in [0.25, 0.3) is 0 Å². The Kier molecular flexibility index (Phi) is 4.98. The summed E-state index contributed by atoms with van der Waals surface area (Å²) in [5.41, 5.74) is 1.48. The molecule has 6 nitrogen and oxygen atoms in total. The maximum absolute atomic E-state index is 12.7. The van der Waals surface area contributed by atoms with Crippen LogP contribution in [0.15, 0.2) is 85.1 Å². The summed E-state index contributed by atoms with van der Waals surface area (Å²) in [6.45, 7) is 4.31. The summed E-state index contributed by atoms with van der Waals surface area (Å²) in [5.74, 6) is 0.959. The minimum atomic E-state index is -0.645. The van der Waals surface area contributed by atoms with E-state index in [1.165, 1.54) is 10.8 Å². The van der Waals surface area contributed by atoms with E-state index in [-0.39, 0.29) is 12.6 Å². The number of hydrogen-bond donors (Lipinski definition) is 1. The van der Waals surface area contributed by atoms with Gasteiger partial charge in [0.05, 0.1) is 6.04 Å². The van der Waals surface area contributed by atoms with Gasteiger partial charge in [0.2, 0.25) is 5.95 Å². The van der Waals surface area contributed by atoms with Gasteiger partial charge in [-0.2, -0.15) is 4.98 Å². The van der Waals surface area contributed by atoms with Crippen molar-refractivity contribution in [2.75, 3.05) is 16.8 Å². The van der Waals surface area contributed by atoms with Crippen LogP contribution in [0.25, 0.3) is 10.8 Å². The Morgan fingerprint density at radius 2 is 1.75 bits per heavy atom. The Labute approximate surface area is 186 Å². The number of benzene rings is 3. The molecule has 0 unspecified atom stereocenters. The van der Waals surface area contributed by atoms with Crippen LogP contribution in [0.1, 0.15) is 31.0 Å². The predicted molar refractivity (Wildman–Crippen MR) is 126 cm³/mol. The second-order valence-electron chi connectivity index (χ2n) is 8.24. The molecule has 32 heavy (non-hydrogen) atoms. The molecule has 0 spiro atoms. The summed E-state index contributed by atoms with van der Waals surface area (Å²) in [6.07, 6.45) is 1.25. The fourth-order valence-electron chi connectivity index (χ4n) is 4.19. The molecule has 6 heteroatoms. The first-order chi connectivity index (χ1) is 15.5. The normalized spacial score (nSPS) is 19.1. The van der Waals surface area contributed by atoms with Crippen molar-refractivity contribution in [3.8, 4) is 0 Å². The minimum absolute atomic E-state index is 0.0131. The fourth-order valence-corrected chi connectivity index (χ4v) is 4.19. The SMILES string of the molecule is C[C@H](Nc1nccc(N2C(=O)OC[C@]2(C)c2ccccc2)n1)c1ccc2ccccc2c1. The number of nitrogens with one attached hydrogen (secondary N) is 1. The van der Waals surface area contributed by atoms with Crippen molar-refractivity contribution in [1.29, 1.82) is 0 Å². The molecule has 1 fully saturated rings. The van der Waals surface area contributed by atoms with E-state index in [9.17, 15) is 4.79 Å². The minimum Gasteiger partial charge on any atom is -0.446 e. The highest BCUT2D eigenvalue weighted by Gasteiger charge is 2.46. The van der Waals surface area contributed by atoms with E-state index < -0.39 is 11.6 Å². The molecular weight excluding hydrogens is 400 g/mol. The number of carbonyl (C=O) groups is 1. The molecule has 5 rings (SSSR count). The average Bonchev–Trinajstić information content (AvgIpc) is 3.14. The Balaban J connectivity index is 1.43. The van der Waals surface area contributed by atoms with Gasteiger partial charge in [-0.3, -0.25) is 0 Å². The largest absolute Gasteiger partial charge is 0.446 e. The molecule has 0 bridgehead atoms. The molecule has 2 atom stereocenters. The molecule has 0 saturated carbocycles. The Morgan fingerprint density at radius 3 is 2.56 bits per heavy atom. The predicted octanol–water partition coefficient (Wildman–Crippen LogP) is 5.67. The number of amides is 1. The summed E-state index contributed by atoms with van der Waals surface area (Å²) in [5, 5.41) is 5.76. The van der Waals surface area contributed by atoms with Gasteiger partial charge in [-0.05, 0) is 47.9 Å². The second-order valence-corrected chi connectivity index (χ2v) is 8.24. The second kappa shape index (κ2) is 7.96. The zero-order chi connectivity index (χ0) is 22.1. The molecule has 4 aromatic rings. The van der Waals surface area contributed by atoms with Crippen LogP contribution in [0.2, 0.25) is 0 Å². The highest BCUT2D eigenvalue weighted by molar-refractivity contribution is 5.91. The van der Waals surface area contributed by atoms with Crippen molar-refractivity contribution in [3.05, 3.63) is 96.2 Å². The van der Waals surface area contributed by atoms with E-state index in [1.807, 2.05) is 49.4 Å². The molecule has 0 aliphatic carbocycles. The van der Waals surface area contributed by atoms with E-state index in [0.29, 0.717) is 11.8 Å². The lowest BCUT2D eigenvalue weighted by molar-refractivity contribution is 0.174. The van der Waals surface area contributed by atoms with E-state index in [1.54, 1.807) is 17.2 Å². The third-order valence-electron chi connectivity index (χ3n) is 6.04. The van der Waals surface area contributed by atoms with Crippen molar-refractivity contribution in [1.82, 2.24) is 9.97 Å². The topological polar surface area (TPSA) is 67.4 Å². The maximum atomic E-state index is 12.7. The van der Waals surface area contributed by atoms with Crippen molar-refractivity contribution in [3.63, 3.8) is 0 Å². The number of anilines is 2. The van der Waals surface area contributed by atoms with Gasteiger partial charge in [-0.1, -0.05) is 66.7 Å². The van der Waals surface area contributed by atoms with Gasteiger partial charge in [0.15, 0.2) is 0 Å². The van der Waals surface area contributed by atoms with Gasteiger partial charge in [0, 0.05) is 6.20 Å². The van der Waals surface area contributed by atoms with E-state index in [2.05, 4.69) is 52.5 Å². The summed E-state index contributed by atoms with van der Waals surface area (Å²) in [7, 11) is 0. The van der Waals surface area contributed by atoms with Crippen LogP contribution in [0.3, 0.4) is 0 Å². The third-order valence-corrected chi connectivity index (χ3v) is 6.04. The molecule has 1 aromatic heterocycles. The van der Waals surface area contributed by atoms with Crippen molar-refractivity contribution < 1.29 is 9.53 Å². The zero-order valence-electron chi connectivity index (χ0n) is 18.0. The third kappa shape index (κ3) is 3.54. The molecule has 1 amide bonds. The summed E-state index contributed by atoms with van der Waals surface area (Å²) < 4.78 is 5.43. The number of aromatic nitrogens is 2. The van der Waals surface area contributed by atoms with Gasteiger partial charge < -0.3 is 10.1 Å². The molecule has 1 saturated heterocycles. The number of hydrogen-bond acceptors (Lipinski definition) is 5. The van der Waals surface area contributed by atoms with E-state index in [0.717, 1.165) is 11.1 Å². The lowest BCUT2D eigenvalue weighted by atomic mass is 9.92. The van der Waals surface area contributed by atoms with Crippen LogP contribution >= 0.6 is 0 Å². The van der Waals surface area contributed by atoms with Crippen LogP contribution in [-0.4, -0.2) is 22.7 Å². The zero-order valence-corrected chi connectivity index (χ0v) is 18.0. The lowest BCUT2D eigenvalue weighted by Crippen LogP contribution is -2.42. The standard InChI is InChI=1S/C26H24N4O2/c1-18(20-13-12-19-8-6-7-9-21(19)16-20)28-24-27-15-14-23(29-24)30-25(31)32-17-26(30,2)22-10-4-3-5-11-22/h3-16,18H,17H2,1-2H3,(H,27,28,29)/t18-,26+/m0/s1. The fraction of sp³-hybridized carbons (Fsp3) is 0.192. The first-order valence-electron chi connectivity index (χ1n) is 10.7. The monoisotopic (exact) mass is 424 g/mol. The van der Waals surface area contributed by atoms with Gasteiger partial charge in [0.1, 0.15) is 18.0 Å². The molecular formula is C26H24N4O2. The quantitative estimate of drug-likeness (QED) is 0.447. The molecule has 2 heterocycles. The molecule has 1 aliphatic rings. The molecule has 0 radical (unpaired) electrons. The highest BCUT2D eigenvalue weighted by atomic mass is 16.6. The Hall–Kier alpha value is -3.93. The number of nitrogens with zero attached hydrogens (tertiary/aromatic N) is 3. The highest BCUT2D eigenvalue weighted by Crippen LogP contribution is 2.37. The lowest BCUT2D eigenvalue weighted by Gasteiger charge is -2.31. The number of ether oxygens (including phenoxy) is 1. The van der Waals surface area contributed by atoms with Crippen LogP contribution in [0.4, 0.5) is 16.6 Å². The van der Waals surface area contributed by atoms with Crippen LogP contribution in [0, 0.1) is 0 Å². The van der Waals surface area contributed by atoms with Crippen molar-refractivity contribution in [2.24, 2.45) is 0 Å². The maximum Gasteiger partial charge on any atom is 0.416 e. The van der Waals surface area contributed by atoms with Gasteiger partial charge in [-0.25, -0.2) is 14.7 Å². The van der Waals surface area contributed by atoms with Crippen LogP contribution < -0.4 is 10.2 Å². The van der Waals surface area contributed by atoms with Crippen LogP contribution in [-0.2, 0) is 10.3 Å². The molecule has 3 aromatic carbocycles. The number of fused-ring (bicyclic) bond motifs is 1. The number of carbonyl (C=O) groups excluding carboxylic acids is 1. The number of cyclic esters (lactones) is 1. The number of rotatable bonds is 5. The Bertz CT molecular complexity index is 1280. The average molecular weight is 425 g/mol. The Morgan fingerprint density at radius 1 is 1.00 bits per heavy atom. The summed E-state index contributed by atoms with van der Waals surface area (Å²) in [6, 6.07) is 26.3.